The summed E-state index contributed by atoms with van der Waals surface area (Å²) in [5, 5.41) is 3.22. The number of hydrogen-bond acceptors (Lipinski definition) is 4. The second kappa shape index (κ2) is 5.41. The monoisotopic (exact) mass is 215 g/mol. The predicted octanol–water partition coefficient (Wildman–Crippen LogP) is 1.20. The molecular formula is C10H17NO2S. The lowest BCUT2D eigenvalue weighted by Gasteiger charge is -2.34. The van der Waals surface area contributed by atoms with Gasteiger partial charge < -0.3 is 4.74 Å². The van der Waals surface area contributed by atoms with Crippen molar-refractivity contribution in [3.63, 3.8) is 0 Å². The van der Waals surface area contributed by atoms with Crippen molar-refractivity contribution in [2.45, 2.75) is 18.4 Å². The molecule has 1 fully saturated rings. The first-order valence-electron chi connectivity index (χ1n) is 4.77. The summed E-state index contributed by atoms with van der Waals surface area (Å²) in [6.45, 7) is 4.29. The summed E-state index contributed by atoms with van der Waals surface area (Å²) in [4.78, 5) is 11.7. The number of rotatable bonds is 4. The zero-order valence-corrected chi connectivity index (χ0v) is 9.36. The molecule has 1 unspecified atom stereocenters. The Balaban J connectivity index is 2.66. The van der Waals surface area contributed by atoms with E-state index < -0.39 is 5.54 Å². The molecule has 1 atom stereocenters. The van der Waals surface area contributed by atoms with Crippen molar-refractivity contribution in [2.75, 3.05) is 25.2 Å². The third-order valence-electron chi connectivity index (χ3n) is 2.40. The van der Waals surface area contributed by atoms with Gasteiger partial charge in [0.25, 0.3) is 0 Å². The molecule has 0 aromatic carbocycles. The number of hydrogen-bond donors (Lipinski definition) is 1. The van der Waals surface area contributed by atoms with E-state index in [1.807, 2.05) is 0 Å². The minimum absolute atomic E-state index is 0.147. The Morgan fingerprint density at radius 3 is 3.07 bits per heavy atom. The molecular weight excluding hydrogens is 198 g/mol. The van der Waals surface area contributed by atoms with Gasteiger partial charge in [0, 0.05) is 12.3 Å². The van der Waals surface area contributed by atoms with Crippen molar-refractivity contribution < 1.29 is 9.53 Å². The number of methoxy groups -OCH3 is 1. The first kappa shape index (κ1) is 11.6. The molecule has 0 aliphatic carbocycles. The van der Waals surface area contributed by atoms with Gasteiger partial charge in [0.15, 0.2) is 0 Å². The smallest absolute Gasteiger partial charge is 0.326 e. The summed E-state index contributed by atoms with van der Waals surface area (Å²) in [6, 6.07) is 0. The van der Waals surface area contributed by atoms with Crippen LogP contribution in [-0.4, -0.2) is 36.7 Å². The second-order valence-electron chi connectivity index (χ2n) is 3.40. The molecule has 0 aromatic heterocycles. The van der Waals surface area contributed by atoms with Crippen molar-refractivity contribution >= 4 is 17.7 Å². The number of nitrogens with one attached hydrogen (secondary N) is 1. The average Bonchev–Trinajstić information content (AvgIpc) is 2.26. The standard InChI is InChI=1S/C10H17NO2S/c1-3-6-11-10(9(12)13-2)5-4-7-14-8-10/h3,11H,1,4-8H2,2H3. The van der Waals surface area contributed by atoms with E-state index in [1.165, 1.54) is 7.11 Å². The van der Waals surface area contributed by atoms with E-state index in [9.17, 15) is 4.79 Å². The van der Waals surface area contributed by atoms with Crippen LogP contribution in [0.4, 0.5) is 0 Å². The van der Waals surface area contributed by atoms with Crippen molar-refractivity contribution in [1.82, 2.24) is 5.32 Å². The zero-order chi connectivity index (χ0) is 10.4. The van der Waals surface area contributed by atoms with E-state index >= 15 is 0 Å². The quantitative estimate of drug-likeness (QED) is 0.565. The molecule has 0 bridgehead atoms. The molecule has 3 nitrogen and oxygen atoms in total. The molecule has 80 valence electrons. The van der Waals surface area contributed by atoms with E-state index in [1.54, 1.807) is 17.8 Å². The van der Waals surface area contributed by atoms with Gasteiger partial charge in [-0.15, -0.1) is 6.58 Å². The fourth-order valence-corrected chi connectivity index (χ4v) is 2.84. The fourth-order valence-electron chi connectivity index (χ4n) is 1.63. The van der Waals surface area contributed by atoms with E-state index in [0.29, 0.717) is 6.54 Å². The van der Waals surface area contributed by atoms with E-state index in [-0.39, 0.29) is 5.97 Å². The lowest BCUT2D eigenvalue weighted by Crippen LogP contribution is -2.56. The Morgan fingerprint density at radius 1 is 1.79 bits per heavy atom. The number of carbonyl (C=O) groups is 1. The van der Waals surface area contributed by atoms with Crippen LogP contribution in [0.2, 0.25) is 0 Å². The molecule has 1 N–H and O–H groups in total. The van der Waals surface area contributed by atoms with Gasteiger partial charge in [0.1, 0.15) is 5.54 Å². The average molecular weight is 215 g/mol. The van der Waals surface area contributed by atoms with Gasteiger partial charge in [-0.05, 0) is 18.6 Å². The molecule has 1 saturated heterocycles. The highest BCUT2D eigenvalue weighted by Crippen LogP contribution is 2.27. The van der Waals surface area contributed by atoms with Crippen LogP contribution in [0.1, 0.15) is 12.8 Å². The Kier molecular flexibility index (Phi) is 4.48. The van der Waals surface area contributed by atoms with Crippen LogP contribution < -0.4 is 5.32 Å². The van der Waals surface area contributed by atoms with Gasteiger partial charge in [0.2, 0.25) is 0 Å². The summed E-state index contributed by atoms with van der Waals surface area (Å²) in [5.41, 5.74) is -0.480. The summed E-state index contributed by atoms with van der Waals surface area (Å²) in [6.07, 6.45) is 3.69. The molecule has 0 amide bonds. The number of thioether (sulfide) groups is 1. The minimum atomic E-state index is -0.480. The van der Waals surface area contributed by atoms with E-state index in [4.69, 9.17) is 4.74 Å². The van der Waals surface area contributed by atoms with E-state index in [2.05, 4.69) is 11.9 Å². The highest BCUT2D eigenvalue weighted by Gasteiger charge is 2.40. The number of esters is 1. The molecule has 0 saturated carbocycles. The highest BCUT2D eigenvalue weighted by molar-refractivity contribution is 7.99. The highest BCUT2D eigenvalue weighted by atomic mass is 32.2. The van der Waals surface area contributed by atoms with Crippen molar-refractivity contribution in [1.29, 1.82) is 0 Å². The molecule has 1 aliphatic heterocycles. The summed E-state index contributed by atoms with van der Waals surface area (Å²) in [5.74, 6) is 1.79. The van der Waals surface area contributed by atoms with Crippen molar-refractivity contribution in [3.05, 3.63) is 12.7 Å². The lowest BCUT2D eigenvalue weighted by atomic mass is 9.95. The summed E-state index contributed by atoms with van der Waals surface area (Å²) >= 11 is 1.80. The molecule has 4 heteroatoms. The van der Waals surface area contributed by atoms with Gasteiger partial charge in [-0.2, -0.15) is 11.8 Å². The molecule has 14 heavy (non-hydrogen) atoms. The van der Waals surface area contributed by atoms with Gasteiger partial charge >= 0.3 is 5.97 Å². The molecule has 1 heterocycles. The van der Waals surface area contributed by atoms with Gasteiger partial charge in [-0.3, -0.25) is 10.1 Å². The van der Waals surface area contributed by atoms with Gasteiger partial charge in [-0.1, -0.05) is 6.08 Å². The molecule has 0 aromatic rings. The van der Waals surface area contributed by atoms with Gasteiger partial charge in [0.05, 0.1) is 7.11 Å². The van der Waals surface area contributed by atoms with Crippen molar-refractivity contribution in [2.24, 2.45) is 0 Å². The maximum atomic E-state index is 11.7. The molecule has 1 aliphatic rings. The minimum Gasteiger partial charge on any atom is -0.468 e. The van der Waals surface area contributed by atoms with Crippen LogP contribution in [0.5, 0.6) is 0 Å². The van der Waals surface area contributed by atoms with Crippen molar-refractivity contribution in [3.8, 4) is 0 Å². The predicted molar refractivity (Wildman–Crippen MR) is 59.5 cm³/mol. The number of carbonyl (C=O) groups excluding carboxylic acids is 1. The largest absolute Gasteiger partial charge is 0.468 e. The Hall–Kier alpha value is -0.480. The van der Waals surface area contributed by atoms with Crippen LogP contribution in [-0.2, 0) is 9.53 Å². The fraction of sp³-hybridized carbons (Fsp3) is 0.700. The van der Waals surface area contributed by atoms with E-state index in [0.717, 1.165) is 24.3 Å². The third-order valence-corrected chi connectivity index (χ3v) is 3.68. The summed E-state index contributed by atoms with van der Waals surface area (Å²) in [7, 11) is 1.44. The number of ether oxygens (including phenoxy) is 1. The zero-order valence-electron chi connectivity index (χ0n) is 8.54. The van der Waals surface area contributed by atoms with Crippen LogP contribution in [0.15, 0.2) is 12.7 Å². The lowest BCUT2D eigenvalue weighted by molar-refractivity contribution is -0.148. The third kappa shape index (κ3) is 2.51. The SMILES string of the molecule is C=CCNC1(C(=O)OC)CCCSC1. The molecule has 1 rings (SSSR count). The van der Waals surface area contributed by atoms with Crippen LogP contribution in [0, 0.1) is 0 Å². The Morgan fingerprint density at radius 2 is 2.57 bits per heavy atom. The summed E-state index contributed by atoms with van der Waals surface area (Å²) < 4.78 is 4.84. The Labute approximate surface area is 89.3 Å². The normalized spacial score (nSPS) is 26.9. The maximum Gasteiger partial charge on any atom is 0.326 e. The molecule has 0 spiro atoms. The van der Waals surface area contributed by atoms with Crippen LogP contribution in [0.25, 0.3) is 0 Å². The first-order chi connectivity index (χ1) is 6.75. The maximum absolute atomic E-state index is 11.7. The van der Waals surface area contributed by atoms with Crippen LogP contribution in [0.3, 0.4) is 0 Å². The topological polar surface area (TPSA) is 38.3 Å². The second-order valence-corrected chi connectivity index (χ2v) is 4.50. The molecule has 0 radical (unpaired) electrons. The Bertz CT molecular complexity index is 212. The van der Waals surface area contributed by atoms with Crippen LogP contribution >= 0.6 is 11.8 Å². The van der Waals surface area contributed by atoms with Gasteiger partial charge in [-0.25, -0.2) is 0 Å². The first-order valence-corrected chi connectivity index (χ1v) is 5.93.